The van der Waals surface area contributed by atoms with Crippen molar-refractivity contribution in [3.05, 3.63) is 35.9 Å². The molecule has 0 bridgehead atoms. The Morgan fingerprint density at radius 3 is 2.54 bits per heavy atom. The van der Waals surface area contributed by atoms with Crippen molar-refractivity contribution in [1.82, 2.24) is 0 Å². The second-order valence-corrected chi connectivity index (χ2v) is 3.87. The highest BCUT2D eigenvalue weighted by Gasteiger charge is 2.30. The maximum absolute atomic E-state index is 10.3. The minimum atomic E-state index is -0.584. The molecular formula is C12H15O. The summed E-state index contributed by atoms with van der Waals surface area (Å²) in [7, 11) is 0. The Bertz CT molecular complexity index is 260. The summed E-state index contributed by atoms with van der Waals surface area (Å²) in [4.78, 5) is 0. The molecule has 1 aromatic carbocycles. The molecule has 1 fully saturated rings. The van der Waals surface area contributed by atoms with Gasteiger partial charge in [-0.15, -0.1) is 0 Å². The number of rotatable bonds is 1. The van der Waals surface area contributed by atoms with Crippen molar-refractivity contribution < 1.29 is 5.11 Å². The van der Waals surface area contributed by atoms with E-state index in [0.717, 1.165) is 31.2 Å². The SMILES string of the molecule is OC1(c2[c]cccc2)CCCCC1. The third-order valence-corrected chi connectivity index (χ3v) is 2.89. The maximum atomic E-state index is 10.3. The van der Waals surface area contributed by atoms with Gasteiger partial charge in [0, 0.05) is 0 Å². The molecule has 1 heteroatoms. The molecule has 13 heavy (non-hydrogen) atoms. The maximum Gasteiger partial charge on any atom is 0.0902 e. The molecular weight excluding hydrogens is 160 g/mol. The lowest BCUT2D eigenvalue weighted by molar-refractivity contribution is -0.000859. The van der Waals surface area contributed by atoms with Crippen LogP contribution in [-0.4, -0.2) is 5.11 Å². The van der Waals surface area contributed by atoms with Crippen LogP contribution in [0.4, 0.5) is 0 Å². The highest BCUT2D eigenvalue weighted by molar-refractivity contribution is 5.21. The third kappa shape index (κ3) is 1.75. The standard InChI is InChI=1S/C12H15O/c13-12(9-5-2-6-10-12)11-7-3-1-4-8-11/h1,3-4,7,13H,2,5-6,9-10H2. The van der Waals surface area contributed by atoms with E-state index in [1.807, 2.05) is 24.3 Å². The van der Waals surface area contributed by atoms with Crippen molar-refractivity contribution in [3.8, 4) is 0 Å². The second kappa shape index (κ2) is 3.51. The number of hydrogen-bond acceptors (Lipinski definition) is 1. The second-order valence-electron chi connectivity index (χ2n) is 3.87. The minimum absolute atomic E-state index is 0.584. The highest BCUT2D eigenvalue weighted by atomic mass is 16.3. The van der Waals surface area contributed by atoms with Crippen molar-refractivity contribution in [2.45, 2.75) is 37.7 Å². The van der Waals surface area contributed by atoms with Crippen molar-refractivity contribution >= 4 is 0 Å². The molecule has 1 nitrogen and oxygen atoms in total. The fourth-order valence-electron chi connectivity index (χ4n) is 2.09. The summed E-state index contributed by atoms with van der Waals surface area (Å²) in [5.41, 5.74) is 0.383. The molecule has 69 valence electrons. The normalized spacial score (nSPS) is 21.3. The molecule has 0 amide bonds. The molecule has 1 N–H and O–H groups in total. The van der Waals surface area contributed by atoms with Gasteiger partial charge in [0.2, 0.25) is 0 Å². The lowest BCUT2D eigenvalue weighted by Crippen LogP contribution is -2.28. The Morgan fingerprint density at radius 2 is 1.92 bits per heavy atom. The summed E-state index contributed by atoms with van der Waals surface area (Å²) in [5, 5.41) is 10.3. The quantitative estimate of drug-likeness (QED) is 0.695. The first-order valence-corrected chi connectivity index (χ1v) is 5.01. The molecule has 0 aromatic heterocycles. The Balaban J connectivity index is 2.23. The monoisotopic (exact) mass is 175 g/mol. The van der Waals surface area contributed by atoms with Gasteiger partial charge in [-0.25, -0.2) is 0 Å². The van der Waals surface area contributed by atoms with Gasteiger partial charge < -0.3 is 5.11 Å². The topological polar surface area (TPSA) is 20.2 Å². The van der Waals surface area contributed by atoms with E-state index in [1.165, 1.54) is 6.42 Å². The van der Waals surface area contributed by atoms with Gasteiger partial charge in [-0.3, -0.25) is 0 Å². The van der Waals surface area contributed by atoms with Crippen LogP contribution in [0.25, 0.3) is 0 Å². The summed E-state index contributed by atoms with van der Waals surface area (Å²) in [6.45, 7) is 0. The van der Waals surface area contributed by atoms with Gasteiger partial charge in [0.05, 0.1) is 5.60 Å². The summed E-state index contributed by atoms with van der Waals surface area (Å²) in [6, 6.07) is 10.9. The Morgan fingerprint density at radius 1 is 1.15 bits per heavy atom. The molecule has 1 radical (unpaired) electrons. The van der Waals surface area contributed by atoms with E-state index < -0.39 is 5.60 Å². The van der Waals surface area contributed by atoms with Crippen LogP contribution in [0, 0.1) is 6.07 Å². The average Bonchev–Trinajstić information content (AvgIpc) is 2.20. The first-order chi connectivity index (χ1) is 6.31. The number of benzene rings is 1. The molecule has 1 aromatic rings. The van der Waals surface area contributed by atoms with E-state index in [0.29, 0.717) is 0 Å². The van der Waals surface area contributed by atoms with Crippen molar-refractivity contribution in [2.75, 3.05) is 0 Å². The zero-order valence-corrected chi connectivity index (χ0v) is 7.79. The Labute approximate surface area is 79.4 Å². The predicted molar refractivity (Wildman–Crippen MR) is 52.3 cm³/mol. The first kappa shape index (κ1) is 8.76. The van der Waals surface area contributed by atoms with E-state index in [9.17, 15) is 5.11 Å². The van der Waals surface area contributed by atoms with Crippen LogP contribution in [0.3, 0.4) is 0 Å². The lowest BCUT2D eigenvalue weighted by Gasteiger charge is -2.32. The van der Waals surface area contributed by atoms with Gasteiger partial charge in [-0.05, 0) is 24.5 Å². The molecule has 0 heterocycles. The van der Waals surface area contributed by atoms with E-state index in [-0.39, 0.29) is 0 Å². The molecule has 0 atom stereocenters. The van der Waals surface area contributed by atoms with Crippen molar-refractivity contribution in [2.24, 2.45) is 0 Å². The summed E-state index contributed by atoms with van der Waals surface area (Å²) < 4.78 is 0. The van der Waals surface area contributed by atoms with E-state index in [1.54, 1.807) is 0 Å². The van der Waals surface area contributed by atoms with Crippen LogP contribution >= 0.6 is 0 Å². The molecule has 2 rings (SSSR count). The summed E-state index contributed by atoms with van der Waals surface area (Å²) >= 11 is 0. The van der Waals surface area contributed by atoms with Crippen LogP contribution in [0.15, 0.2) is 24.3 Å². The Hall–Kier alpha value is -0.820. The van der Waals surface area contributed by atoms with E-state index in [4.69, 9.17) is 0 Å². The van der Waals surface area contributed by atoms with Crippen LogP contribution in [0.2, 0.25) is 0 Å². The molecule has 1 aliphatic rings. The average molecular weight is 175 g/mol. The van der Waals surface area contributed by atoms with Gasteiger partial charge in [-0.1, -0.05) is 43.5 Å². The van der Waals surface area contributed by atoms with E-state index in [2.05, 4.69) is 6.07 Å². The van der Waals surface area contributed by atoms with Gasteiger partial charge in [0.25, 0.3) is 0 Å². The van der Waals surface area contributed by atoms with Crippen molar-refractivity contribution in [1.29, 1.82) is 0 Å². The molecule has 1 aliphatic carbocycles. The number of hydrogen-bond donors (Lipinski definition) is 1. The highest BCUT2D eigenvalue weighted by Crippen LogP contribution is 2.36. The molecule has 0 aliphatic heterocycles. The minimum Gasteiger partial charge on any atom is -0.385 e. The fraction of sp³-hybridized carbons (Fsp3) is 0.500. The summed E-state index contributed by atoms with van der Waals surface area (Å²) in [5.74, 6) is 0. The molecule has 0 saturated heterocycles. The van der Waals surface area contributed by atoms with Crippen molar-refractivity contribution in [3.63, 3.8) is 0 Å². The zero-order valence-electron chi connectivity index (χ0n) is 7.79. The first-order valence-electron chi connectivity index (χ1n) is 5.01. The third-order valence-electron chi connectivity index (χ3n) is 2.89. The smallest absolute Gasteiger partial charge is 0.0902 e. The Kier molecular flexibility index (Phi) is 2.36. The molecule has 0 unspecified atom stereocenters. The van der Waals surface area contributed by atoms with Crippen LogP contribution in [0.5, 0.6) is 0 Å². The van der Waals surface area contributed by atoms with Gasteiger partial charge in [0.15, 0.2) is 0 Å². The van der Waals surface area contributed by atoms with Gasteiger partial charge >= 0.3 is 0 Å². The fourth-order valence-corrected chi connectivity index (χ4v) is 2.09. The largest absolute Gasteiger partial charge is 0.385 e. The lowest BCUT2D eigenvalue weighted by atomic mass is 9.80. The zero-order chi connectivity index (χ0) is 9.15. The molecule has 1 saturated carbocycles. The van der Waals surface area contributed by atoms with Crippen LogP contribution in [-0.2, 0) is 5.60 Å². The van der Waals surface area contributed by atoms with Gasteiger partial charge in [-0.2, -0.15) is 0 Å². The van der Waals surface area contributed by atoms with E-state index >= 15 is 0 Å². The molecule has 0 spiro atoms. The predicted octanol–water partition coefficient (Wildman–Crippen LogP) is 2.64. The number of aliphatic hydroxyl groups is 1. The summed E-state index contributed by atoms with van der Waals surface area (Å²) in [6.07, 6.45) is 5.33. The van der Waals surface area contributed by atoms with Crippen LogP contribution in [0.1, 0.15) is 37.7 Å². The van der Waals surface area contributed by atoms with Gasteiger partial charge in [0.1, 0.15) is 0 Å². The van der Waals surface area contributed by atoms with Crippen LogP contribution < -0.4 is 0 Å².